The van der Waals surface area contributed by atoms with Crippen molar-refractivity contribution in [3.63, 3.8) is 0 Å². The summed E-state index contributed by atoms with van der Waals surface area (Å²) in [6.07, 6.45) is 4.82. The first-order valence-corrected chi connectivity index (χ1v) is 10.3. The number of pyridine rings is 1. The van der Waals surface area contributed by atoms with Crippen molar-refractivity contribution in [2.24, 2.45) is 0 Å². The number of nitrogens with zero attached hydrogens (tertiary/aromatic N) is 3. The van der Waals surface area contributed by atoms with Crippen molar-refractivity contribution in [2.75, 3.05) is 0 Å². The molecule has 0 amide bonds. The molecule has 5 rings (SSSR count). The lowest BCUT2D eigenvalue weighted by Gasteiger charge is -2.22. The van der Waals surface area contributed by atoms with Crippen molar-refractivity contribution in [3.05, 3.63) is 88.7 Å². The highest BCUT2D eigenvalue weighted by Gasteiger charge is 2.26. The molecule has 1 aliphatic carbocycles. The van der Waals surface area contributed by atoms with E-state index in [4.69, 9.17) is 14.2 Å². The molecule has 2 heterocycles. The molecule has 31 heavy (non-hydrogen) atoms. The second kappa shape index (κ2) is 8.14. The second-order valence-electron chi connectivity index (χ2n) is 7.58. The van der Waals surface area contributed by atoms with E-state index in [0.717, 1.165) is 52.6 Å². The van der Waals surface area contributed by atoms with Crippen LogP contribution in [0.4, 0.5) is 0 Å². The summed E-state index contributed by atoms with van der Waals surface area (Å²) in [5.74, 6) is 0.392. The maximum absolute atomic E-state index is 13.2. The number of rotatable bonds is 4. The normalized spacial score (nSPS) is 14.5. The Morgan fingerprint density at radius 3 is 2.68 bits per heavy atom. The van der Waals surface area contributed by atoms with E-state index in [9.17, 15) is 4.79 Å². The van der Waals surface area contributed by atoms with Crippen LogP contribution >= 0.6 is 0 Å². The Morgan fingerprint density at radius 1 is 1.06 bits per heavy atom. The molecule has 0 N–H and O–H groups in total. The van der Waals surface area contributed by atoms with Gasteiger partial charge in [0.05, 0.1) is 16.8 Å². The van der Waals surface area contributed by atoms with Crippen LogP contribution in [-0.4, -0.2) is 21.1 Å². The zero-order valence-electron chi connectivity index (χ0n) is 17.2. The van der Waals surface area contributed by atoms with Crippen LogP contribution in [0.1, 0.15) is 51.7 Å². The molecule has 154 valence electrons. The van der Waals surface area contributed by atoms with Gasteiger partial charge in [-0.3, -0.25) is 0 Å². The molecule has 2 aromatic carbocycles. The van der Waals surface area contributed by atoms with E-state index in [2.05, 4.69) is 28.3 Å². The lowest BCUT2D eigenvalue weighted by atomic mass is 9.86. The number of aryl methyl sites for hydroxylation is 1. The fourth-order valence-corrected chi connectivity index (χ4v) is 4.06. The molecule has 0 atom stereocenters. The van der Waals surface area contributed by atoms with Gasteiger partial charge in [0.25, 0.3) is 5.89 Å². The van der Waals surface area contributed by atoms with Gasteiger partial charge in [0.2, 0.25) is 0 Å². The van der Waals surface area contributed by atoms with Gasteiger partial charge in [-0.15, -0.1) is 0 Å². The first kappa shape index (κ1) is 19.2. The molecule has 0 fully saturated rings. The number of fused-ring (bicyclic) bond motifs is 2. The van der Waals surface area contributed by atoms with E-state index in [-0.39, 0.29) is 12.5 Å². The van der Waals surface area contributed by atoms with Crippen LogP contribution in [0.15, 0.2) is 59.1 Å². The highest BCUT2D eigenvalue weighted by atomic mass is 16.6. The van der Waals surface area contributed by atoms with Crippen LogP contribution < -0.4 is 0 Å². The Labute approximate surface area is 179 Å². The molecule has 0 unspecified atom stereocenters. The zero-order chi connectivity index (χ0) is 21.2. The van der Waals surface area contributed by atoms with Gasteiger partial charge in [0.1, 0.15) is 0 Å². The third-order valence-corrected chi connectivity index (χ3v) is 5.41. The maximum Gasteiger partial charge on any atom is 0.339 e. The minimum Gasteiger partial charge on any atom is -0.452 e. The Morgan fingerprint density at radius 2 is 1.87 bits per heavy atom. The van der Waals surface area contributed by atoms with Crippen molar-refractivity contribution >= 4 is 28.5 Å². The lowest BCUT2D eigenvalue weighted by Crippen LogP contribution is -2.15. The molecule has 6 nitrogen and oxygen atoms in total. The van der Waals surface area contributed by atoms with E-state index < -0.39 is 5.97 Å². The van der Waals surface area contributed by atoms with Gasteiger partial charge in [0, 0.05) is 5.39 Å². The van der Waals surface area contributed by atoms with Crippen molar-refractivity contribution < 1.29 is 14.1 Å². The number of para-hydroxylation sites is 1. The van der Waals surface area contributed by atoms with Crippen LogP contribution in [0.2, 0.25) is 0 Å². The van der Waals surface area contributed by atoms with E-state index in [1.54, 1.807) is 6.92 Å². The molecule has 0 aliphatic heterocycles. The lowest BCUT2D eigenvalue weighted by molar-refractivity contribution is 0.0430. The van der Waals surface area contributed by atoms with E-state index in [0.29, 0.717) is 11.4 Å². The van der Waals surface area contributed by atoms with Crippen molar-refractivity contribution in [3.8, 4) is 0 Å². The summed E-state index contributed by atoms with van der Waals surface area (Å²) in [7, 11) is 0. The number of hydrogen-bond acceptors (Lipinski definition) is 6. The highest BCUT2D eigenvalue weighted by molar-refractivity contribution is 6.06. The minimum atomic E-state index is -0.397. The fourth-order valence-electron chi connectivity index (χ4n) is 4.06. The molecular formula is C25H21N3O3. The summed E-state index contributed by atoms with van der Waals surface area (Å²) in [5.41, 5.74) is 5.45. The molecule has 0 radical (unpaired) electrons. The number of carbonyl (C=O) groups excluding carboxylic acids is 1. The van der Waals surface area contributed by atoms with Crippen molar-refractivity contribution in [1.29, 1.82) is 0 Å². The summed E-state index contributed by atoms with van der Waals surface area (Å²) in [6.45, 7) is 1.67. The number of ether oxygens (including phenoxy) is 1. The average Bonchev–Trinajstić information content (AvgIpc) is 3.22. The topological polar surface area (TPSA) is 78.1 Å². The summed E-state index contributed by atoms with van der Waals surface area (Å²) in [5, 5.41) is 4.54. The fraction of sp³-hybridized carbons (Fsp3) is 0.200. The van der Waals surface area contributed by atoms with Crippen molar-refractivity contribution in [1.82, 2.24) is 15.1 Å². The number of allylic oxidation sites excluding steroid dienone is 1. The summed E-state index contributed by atoms with van der Waals surface area (Å²) in [4.78, 5) is 22.3. The SMILES string of the molecule is Cc1noc(COC(=O)c2c3c(nc4ccccc24)/C(=C/c2ccccc2)CCC3)n1. The first-order valence-electron chi connectivity index (χ1n) is 10.3. The van der Waals surface area contributed by atoms with Gasteiger partial charge in [-0.1, -0.05) is 53.7 Å². The van der Waals surface area contributed by atoms with Gasteiger partial charge >= 0.3 is 5.97 Å². The third kappa shape index (κ3) is 3.84. The number of carbonyl (C=O) groups is 1. The first-order chi connectivity index (χ1) is 15.2. The van der Waals surface area contributed by atoms with Crippen LogP contribution in [0, 0.1) is 6.92 Å². The standard InChI is InChI=1S/C25H21N3O3/c1-16-26-22(31-28-16)15-30-25(29)23-19-11-5-6-13-21(19)27-24-18(10-7-12-20(23)24)14-17-8-3-2-4-9-17/h2-6,8-9,11,13-14H,7,10,12,15H2,1H3/b18-14+. The number of hydrogen-bond donors (Lipinski definition) is 0. The molecule has 0 saturated heterocycles. The Hall–Kier alpha value is -3.80. The van der Waals surface area contributed by atoms with Crippen LogP contribution in [0.5, 0.6) is 0 Å². The molecular weight excluding hydrogens is 390 g/mol. The van der Waals surface area contributed by atoms with Gasteiger partial charge in [-0.2, -0.15) is 4.98 Å². The van der Waals surface area contributed by atoms with Crippen molar-refractivity contribution in [2.45, 2.75) is 32.8 Å². The van der Waals surface area contributed by atoms with E-state index in [1.807, 2.05) is 42.5 Å². The summed E-state index contributed by atoms with van der Waals surface area (Å²) in [6, 6.07) is 17.9. The Balaban J connectivity index is 1.59. The summed E-state index contributed by atoms with van der Waals surface area (Å²) >= 11 is 0. The Bertz CT molecular complexity index is 1290. The minimum absolute atomic E-state index is 0.0577. The highest BCUT2D eigenvalue weighted by Crippen LogP contribution is 2.36. The molecule has 0 bridgehead atoms. The molecule has 4 aromatic rings. The molecule has 0 saturated carbocycles. The van der Waals surface area contributed by atoms with E-state index in [1.165, 1.54) is 0 Å². The second-order valence-corrected chi connectivity index (χ2v) is 7.58. The zero-order valence-corrected chi connectivity index (χ0v) is 17.2. The molecule has 1 aliphatic rings. The maximum atomic E-state index is 13.2. The van der Waals surface area contributed by atoms with Gasteiger partial charge in [-0.25, -0.2) is 9.78 Å². The number of esters is 1. The summed E-state index contributed by atoms with van der Waals surface area (Å²) < 4.78 is 10.6. The van der Waals surface area contributed by atoms with Gasteiger partial charge in [-0.05, 0) is 55.0 Å². The number of aromatic nitrogens is 3. The molecule has 0 spiro atoms. The predicted octanol–water partition coefficient (Wildman–Crippen LogP) is 5.16. The van der Waals surface area contributed by atoms with Crippen LogP contribution in [-0.2, 0) is 17.8 Å². The van der Waals surface area contributed by atoms with Gasteiger partial charge in [0.15, 0.2) is 12.4 Å². The van der Waals surface area contributed by atoms with Gasteiger partial charge < -0.3 is 9.26 Å². The predicted molar refractivity (Wildman–Crippen MR) is 117 cm³/mol. The average molecular weight is 411 g/mol. The molecule has 6 heteroatoms. The smallest absolute Gasteiger partial charge is 0.339 e. The number of benzene rings is 2. The third-order valence-electron chi connectivity index (χ3n) is 5.41. The molecule has 2 aromatic heterocycles. The quantitative estimate of drug-likeness (QED) is 0.432. The monoisotopic (exact) mass is 411 g/mol. The van der Waals surface area contributed by atoms with Crippen LogP contribution in [0.25, 0.3) is 22.6 Å². The largest absolute Gasteiger partial charge is 0.452 e. The van der Waals surface area contributed by atoms with Crippen LogP contribution in [0.3, 0.4) is 0 Å². The van der Waals surface area contributed by atoms with E-state index >= 15 is 0 Å². The Kier molecular flexibility index (Phi) is 5.04.